The van der Waals surface area contributed by atoms with Crippen LogP contribution in [0.2, 0.25) is 0 Å². The summed E-state index contributed by atoms with van der Waals surface area (Å²) in [6.45, 7) is 0. The van der Waals surface area contributed by atoms with Crippen molar-refractivity contribution in [3.05, 3.63) is 36.7 Å². The molecular formula is C10H8N4. The Balaban J connectivity index is 2.57. The standard InChI is InChI=1S/C10H8N4/c11-8-2-3-9-7(5-8)1-4-10-13-12-6-14(9)10/h1-6H,11H2. The molecule has 4 nitrogen and oxygen atoms in total. The number of pyridine rings is 1. The van der Waals surface area contributed by atoms with Gasteiger partial charge in [0.2, 0.25) is 0 Å². The van der Waals surface area contributed by atoms with Crippen molar-refractivity contribution in [2.75, 3.05) is 5.73 Å². The molecule has 0 aliphatic rings. The average Bonchev–Trinajstić information content (AvgIpc) is 2.65. The van der Waals surface area contributed by atoms with Crippen molar-refractivity contribution in [3.8, 4) is 0 Å². The summed E-state index contributed by atoms with van der Waals surface area (Å²) in [5.74, 6) is 0. The van der Waals surface area contributed by atoms with Gasteiger partial charge >= 0.3 is 0 Å². The van der Waals surface area contributed by atoms with Crippen LogP contribution < -0.4 is 5.73 Å². The molecule has 2 N–H and O–H groups in total. The maximum atomic E-state index is 5.70. The Kier molecular flexibility index (Phi) is 1.28. The Bertz CT molecular complexity index is 612. The molecule has 1 aromatic carbocycles. The normalized spacial score (nSPS) is 11.1. The summed E-state index contributed by atoms with van der Waals surface area (Å²) in [7, 11) is 0. The van der Waals surface area contributed by atoms with Crippen LogP contribution in [0.25, 0.3) is 16.6 Å². The first-order chi connectivity index (χ1) is 6.84. The highest BCUT2D eigenvalue weighted by atomic mass is 15.2. The number of aromatic nitrogens is 3. The molecule has 0 amide bonds. The van der Waals surface area contributed by atoms with E-state index in [0.29, 0.717) is 0 Å². The van der Waals surface area contributed by atoms with Gasteiger partial charge in [-0.15, -0.1) is 10.2 Å². The number of nitrogen functional groups attached to an aromatic ring is 1. The smallest absolute Gasteiger partial charge is 0.161 e. The molecule has 0 aliphatic carbocycles. The van der Waals surface area contributed by atoms with Gasteiger partial charge in [-0.1, -0.05) is 0 Å². The number of hydrogen-bond donors (Lipinski definition) is 1. The Morgan fingerprint density at radius 3 is 3.00 bits per heavy atom. The molecule has 4 heteroatoms. The van der Waals surface area contributed by atoms with Crippen molar-refractivity contribution in [2.24, 2.45) is 0 Å². The van der Waals surface area contributed by atoms with Gasteiger partial charge in [-0.05, 0) is 30.3 Å². The molecule has 0 bridgehead atoms. The van der Waals surface area contributed by atoms with Crippen LogP contribution in [0.3, 0.4) is 0 Å². The lowest BCUT2D eigenvalue weighted by atomic mass is 10.2. The first-order valence-electron chi connectivity index (χ1n) is 4.32. The van der Waals surface area contributed by atoms with Crippen molar-refractivity contribution in [1.29, 1.82) is 0 Å². The summed E-state index contributed by atoms with van der Waals surface area (Å²) >= 11 is 0. The van der Waals surface area contributed by atoms with Gasteiger partial charge in [0.15, 0.2) is 5.65 Å². The summed E-state index contributed by atoms with van der Waals surface area (Å²) in [6, 6.07) is 9.71. The van der Waals surface area contributed by atoms with E-state index in [0.717, 1.165) is 22.2 Å². The van der Waals surface area contributed by atoms with Crippen LogP contribution in [0, 0.1) is 0 Å². The number of fused-ring (bicyclic) bond motifs is 3. The van der Waals surface area contributed by atoms with Crippen LogP contribution in [-0.4, -0.2) is 14.6 Å². The summed E-state index contributed by atoms with van der Waals surface area (Å²) in [5, 5.41) is 8.92. The third-order valence-corrected chi connectivity index (χ3v) is 2.30. The van der Waals surface area contributed by atoms with Crippen LogP contribution in [-0.2, 0) is 0 Å². The van der Waals surface area contributed by atoms with Gasteiger partial charge < -0.3 is 5.73 Å². The molecule has 0 aliphatic heterocycles. The van der Waals surface area contributed by atoms with Gasteiger partial charge in [-0.2, -0.15) is 0 Å². The molecule has 0 unspecified atom stereocenters. The third kappa shape index (κ3) is 0.877. The van der Waals surface area contributed by atoms with Crippen molar-refractivity contribution in [3.63, 3.8) is 0 Å². The lowest BCUT2D eigenvalue weighted by molar-refractivity contribution is 1.11. The second kappa shape index (κ2) is 2.45. The lowest BCUT2D eigenvalue weighted by Crippen LogP contribution is -1.89. The van der Waals surface area contributed by atoms with Crippen LogP contribution >= 0.6 is 0 Å². The van der Waals surface area contributed by atoms with Gasteiger partial charge in [-0.3, -0.25) is 4.40 Å². The first kappa shape index (κ1) is 7.32. The second-order valence-electron chi connectivity index (χ2n) is 3.21. The summed E-state index contributed by atoms with van der Waals surface area (Å²) in [6.07, 6.45) is 1.70. The fraction of sp³-hybridized carbons (Fsp3) is 0. The van der Waals surface area contributed by atoms with Gasteiger partial charge in [0.05, 0.1) is 5.52 Å². The zero-order valence-corrected chi connectivity index (χ0v) is 7.38. The number of hydrogen-bond acceptors (Lipinski definition) is 3. The van der Waals surface area contributed by atoms with E-state index >= 15 is 0 Å². The van der Waals surface area contributed by atoms with E-state index in [1.54, 1.807) is 6.33 Å². The molecule has 3 rings (SSSR count). The third-order valence-electron chi connectivity index (χ3n) is 2.30. The topological polar surface area (TPSA) is 56.2 Å². The van der Waals surface area contributed by atoms with Crippen molar-refractivity contribution >= 4 is 22.2 Å². The van der Waals surface area contributed by atoms with Gasteiger partial charge in [0.1, 0.15) is 6.33 Å². The minimum Gasteiger partial charge on any atom is -0.399 e. The summed E-state index contributed by atoms with van der Waals surface area (Å²) in [5.41, 5.74) is 8.39. The molecule has 3 aromatic rings. The molecular weight excluding hydrogens is 176 g/mol. The molecule has 2 aromatic heterocycles. The Labute approximate surface area is 80.0 Å². The molecule has 0 saturated heterocycles. The van der Waals surface area contributed by atoms with Gasteiger partial charge in [0.25, 0.3) is 0 Å². The van der Waals surface area contributed by atoms with E-state index in [9.17, 15) is 0 Å². The van der Waals surface area contributed by atoms with E-state index < -0.39 is 0 Å². The number of rotatable bonds is 0. The summed E-state index contributed by atoms with van der Waals surface area (Å²) in [4.78, 5) is 0. The molecule has 2 heterocycles. The highest BCUT2D eigenvalue weighted by Crippen LogP contribution is 2.18. The minimum absolute atomic E-state index is 0.768. The average molecular weight is 184 g/mol. The van der Waals surface area contributed by atoms with Crippen LogP contribution in [0.5, 0.6) is 0 Å². The van der Waals surface area contributed by atoms with E-state index in [1.807, 2.05) is 34.7 Å². The fourth-order valence-electron chi connectivity index (χ4n) is 1.63. The maximum Gasteiger partial charge on any atom is 0.161 e. The largest absolute Gasteiger partial charge is 0.399 e. The quantitative estimate of drug-likeness (QED) is 0.538. The van der Waals surface area contributed by atoms with E-state index in [1.165, 1.54) is 0 Å². The zero-order valence-electron chi connectivity index (χ0n) is 7.38. The second-order valence-corrected chi connectivity index (χ2v) is 3.21. The summed E-state index contributed by atoms with van der Waals surface area (Å²) < 4.78 is 1.94. The minimum atomic E-state index is 0.768. The highest BCUT2D eigenvalue weighted by molar-refractivity contribution is 5.84. The number of nitrogens with zero attached hydrogens (tertiary/aromatic N) is 3. The van der Waals surface area contributed by atoms with Crippen molar-refractivity contribution in [2.45, 2.75) is 0 Å². The van der Waals surface area contributed by atoms with Crippen molar-refractivity contribution < 1.29 is 0 Å². The maximum absolute atomic E-state index is 5.70. The molecule has 14 heavy (non-hydrogen) atoms. The monoisotopic (exact) mass is 184 g/mol. The molecule has 0 fully saturated rings. The van der Waals surface area contributed by atoms with Gasteiger partial charge in [-0.25, -0.2) is 0 Å². The molecule has 68 valence electrons. The predicted octanol–water partition coefficient (Wildman–Crippen LogP) is 1.46. The number of nitrogens with two attached hydrogens (primary N) is 1. The number of benzene rings is 1. The van der Waals surface area contributed by atoms with Crippen LogP contribution in [0.1, 0.15) is 0 Å². The van der Waals surface area contributed by atoms with Crippen LogP contribution in [0.4, 0.5) is 5.69 Å². The van der Waals surface area contributed by atoms with E-state index in [4.69, 9.17) is 5.73 Å². The van der Waals surface area contributed by atoms with Gasteiger partial charge in [0, 0.05) is 11.1 Å². The van der Waals surface area contributed by atoms with E-state index in [2.05, 4.69) is 10.2 Å². The molecule has 0 atom stereocenters. The predicted molar refractivity (Wildman–Crippen MR) is 54.9 cm³/mol. The van der Waals surface area contributed by atoms with Crippen molar-refractivity contribution in [1.82, 2.24) is 14.6 Å². The Morgan fingerprint density at radius 2 is 2.07 bits per heavy atom. The Hall–Kier alpha value is -2.10. The molecule has 0 saturated carbocycles. The highest BCUT2D eigenvalue weighted by Gasteiger charge is 2.00. The zero-order chi connectivity index (χ0) is 9.54. The lowest BCUT2D eigenvalue weighted by Gasteiger charge is -2.01. The molecule has 0 spiro atoms. The molecule has 0 radical (unpaired) electrons. The number of anilines is 1. The van der Waals surface area contributed by atoms with Crippen LogP contribution in [0.15, 0.2) is 36.7 Å². The Morgan fingerprint density at radius 1 is 1.14 bits per heavy atom. The first-order valence-corrected chi connectivity index (χ1v) is 4.32. The fourth-order valence-corrected chi connectivity index (χ4v) is 1.63. The van der Waals surface area contributed by atoms with E-state index in [-0.39, 0.29) is 0 Å². The SMILES string of the molecule is Nc1ccc2c(ccc3nncn32)c1.